The Labute approximate surface area is 117 Å². The first-order chi connectivity index (χ1) is 8.35. The molecule has 2 unspecified atom stereocenters. The number of aliphatic hydroxyl groups is 1. The van der Waals surface area contributed by atoms with E-state index in [0.717, 1.165) is 17.3 Å². The molecule has 0 saturated carbocycles. The summed E-state index contributed by atoms with van der Waals surface area (Å²) in [5.74, 6) is -0.237. The zero-order valence-corrected chi connectivity index (χ0v) is 12.7. The lowest BCUT2D eigenvalue weighted by molar-refractivity contribution is 0.0475. The molecule has 0 aliphatic heterocycles. The first-order valence-corrected chi connectivity index (χ1v) is 7.06. The normalized spacial score (nSPS) is 16.3. The van der Waals surface area contributed by atoms with Gasteiger partial charge < -0.3 is 10.4 Å². The first kappa shape index (κ1) is 15.6. The van der Waals surface area contributed by atoms with E-state index in [1.54, 1.807) is 13.0 Å². The van der Waals surface area contributed by atoms with E-state index in [9.17, 15) is 9.50 Å². The molecule has 0 aliphatic rings. The Morgan fingerprint density at radius 1 is 1.50 bits per heavy atom. The van der Waals surface area contributed by atoms with E-state index in [4.69, 9.17) is 0 Å². The molecular formula is C14H21BrFNO. The predicted molar refractivity (Wildman–Crippen MR) is 76.0 cm³/mol. The molecule has 0 aromatic heterocycles. The second-order valence-electron chi connectivity index (χ2n) is 5.02. The highest BCUT2D eigenvalue weighted by Crippen LogP contribution is 2.21. The van der Waals surface area contributed by atoms with Crippen LogP contribution in [0.5, 0.6) is 0 Å². The van der Waals surface area contributed by atoms with Gasteiger partial charge in [0.25, 0.3) is 0 Å². The topological polar surface area (TPSA) is 32.3 Å². The minimum absolute atomic E-state index is 0.124. The summed E-state index contributed by atoms with van der Waals surface area (Å²) < 4.78 is 14.5. The fourth-order valence-corrected chi connectivity index (χ4v) is 2.30. The summed E-state index contributed by atoms with van der Waals surface area (Å²) in [5.41, 5.74) is -0.125. The zero-order valence-electron chi connectivity index (χ0n) is 11.1. The van der Waals surface area contributed by atoms with E-state index in [-0.39, 0.29) is 11.9 Å². The van der Waals surface area contributed by atoms with Crippen molar-refractivity contribution in [3.8, 4) is 0 Å². The van der Waals surface area contributed by atoms with Crippen molar-refractivity contribution in [1.82, 2.24) is 5.32 Å². The van der Waals surface area contributed by atoms with E-state index >= 15 is 0 Å². The quantitative estimate of drug-likeness (QED) is 0.836. The van der Waals surface area contributed by atoms with Crippen LogP contribution in [0, 0.1) is 5.82 Å². The van der Waals surface area contributed by atoms with Crippen LogP contribution in [0.1, 0.15) is 45.2 Å². The Hall–Kier alpha value is -0.450. The zero-order chi connectivity index (χ0) is 13.8. The minimum atomic E-state index is -0.741. The number of rotatable bonds is 6. The molecule has 0 amide bonds. The Kier molecular flexibility index (Phi) is 5.76. The Morgan fingerprint density at radius 3 is 2.72 bits per heavy atom. The number of benzene rings is 1. The third-order valence-electron chi connectivity index (χ3n) is 3.01. The molecule has 0 fully saturated rings. The molecule has 18 heavy (non-hydrogen) atoms. The van der Waals surface area contributed by atoms with Crippen molar-refractivity contribution >= 4 is 15.9 Å². The summed E-state index contributed by atoms with van der Waals surface area (Å²) in [6, 6.07) is 4.91. The van der Waals surface area contributed by atoms with Gasteiger partial charge in [0.05, 0.1) is 5.60 Å². The molecule has 0 bridgehead atoms. The predicted octanol–water partition coefficient (Wildman–Crippen LogP) is 3.79. The molecule has 1 aromatic carbocycles. The van der Waals surface area contributed by atoms with Gasteiger partial charge in [-0.3, -0.25) is 0 Å². The van der Waals surface area contributed by atoms with Crippen molar-refractivity contribution in [2.45, 2.75) is 45.3 Å². The molecule has 0 spiro atoms. The number of halogens is 2. The van der Waals surface area contributed by atoms with Crippen molar-refractivity contribution in [2.24, 2.45) is 0 Å². The maximum atomic E-state index is 13.7. The van der Waals surface area contributed by atoms with Gasteiger partial charge >= 0.3 is 0 Å². The van der Waals surface area contributed by atoms with E-state index in [2.05, 4.69) is 21.2 Å². The van der Waals surface area contributed by atoms with Gasteiger partial charge in [0.1, 0.15) is 5.82 Å². The average molecular weight is 318 g/mol. The highest BCUT2D eigenvalue weighted by molar-refractivity contribution is 9.10. The molecular weight excluding hydrogens is 297 g/mol. The standard InChI is InChI=1S/C14H21BrFNO/c1-4-7-14(3,18)9-17-10(2)12-6-5-11(15)8-13(12)16/h5-6,8,10,17-18H,4,7,9H2,1-3H3. The van der Waals surface area contributed by atoms with Crippen molar-refractivity contribution in [3.05, 3.63) is 34.1 Å². The molecule has 2 atom stereocenters. The van der Waals surface area contributed by atoms with Crippen LogP contribution in [0.3, 0.4) is 0 Å². The molecule has 0 heterocycles. The van der Waals surface area contributed by atoms with Crippen LogP contribution in [-0.4, -0.2) is 17.3 Å². The van der Waals surface area contributed by atoms with Crippen LogP contribution in [0.2, 0.25) is 0 Å². The first-order valence-electron chi connectivity index (χ1n) is 6.26. The van der Waals surface area contributed by atoms with Crippen LogP contribution in [-0.2, 0) is 0 Å². The van der Waals surface area contributed by atoms with Crippen LogP contribution in [0.25, 0.3) is 0 Å². The van der Waals surface area contributed by atoms with Crippen molar-refractivity contribution in [2.75, 3.05) is 6.54 Å². The van der Waals surface area contributed by atoms with Crippen LogP contribution in [0.4, 0.5) is 4.39 Å². The third kappa shape index (κ3) is 4.67. The number of hydrogen-bond donors (Lipinski definition) is 2. The lowest BCUT2D eigenvalue weighted by atomic mass is 9.99. The van der Waals surface area contributed by atoms with Gasteiger partial charge in [-0.15, -0.1) is 0 Å². The molecule has 0 radical (unpaired) electrons. The summed E-state index contributed by atoms with van der Waals surface area (Å²) in [6.07, 6.45) is 1.66. The van der Waals surface area contributed by atoms with Crippen LogP contribution >= 0.6 is 15.9 Å². The second-order valence-corrected chi connectivity index (χ2v) is 5.93. The SMILES string of the molecule is CCCC(C)(O)CNC(C)c1ccc(Br)cc1F. The Balaban J connectivity index is 2.63. The summed E-state index contributed by atoms with van der Waals surface area (Å²) in [6.45, 7) is 6.19. The Morgan fingerprint density at radius 2 is 2.17 bits per heavy atom. The fourth-order valence-electron chi connectivity index (χ4n) is 1.96. The third-order valence-corrected chi connectivity index (χ3v) is 3.50. The van der Waals surface area contributed by atoms with Crippen molar-refractivity contribution < 1.29 is 9.50 Å². The summed E-state index contributed by atoms with van der Waals surface area (Å²) >= 11 is 3.24. The number of hydrogen-bond acceptors (Lipinski definition) is 2. The summed E-state index contributed by atoms with van der Waals surface area (Å²) in [7, 11) is 0. The summed E-state index contributed by atoms with van der Waals surface area (Å²) in [4.78, 5) is 0. The van der Waals surface area contributed by atoms with Gasteiger partial charge in [0.15, 0.2) is 0 Å². The van der Waals surface area contributed by atoms with Gasteiger partial charge in [0, 0.05) is 22.6 Å². The molecule has 2 nitrogen and oxygen atoms in total. The van der Waals surface area contributed by atoms with Gasteiger partial charge in [-0.05, 0) is 32.4 Å². The highest BCUT2D eigenvalue weighted by Gasteiger charge is 2.20. The van der Waals surface area contributed by atoms with Crippen LogP contribution < -0.4 is 5.32 Å². The van der Waals surface area contributed by atoms with Gasteiger partial charge in [-0.25, -0.2) is 4.39 Å². The fraction of sp³-hybridized carbons (Fsp3) is 0.571. The molecule has 1 aromatic rings. The molecule has 0 saturated heterocycles. The van der Waals surface area contributed by atoms with E-state index < -0.39 is 5.60 Å². The molecule has 4 heteroatoms. The van der Waals surface area contributed by atoms with Crippen molar-refractivity contribution in [3.63, 3.8) is 0 Å². The second kappa shape index (κ2) is 6.64. The maximum absolute atomic E-state index is 13.7. The van der Waals surface area contributed by atoms with E-state index in [0.29, 0.717) is 12.1 Å². The largest absolute Gasteiger partial charge is 0.389 e. The Bertz CT molecular complexity index is 395. The number of nitrogens with one attached hydrogen (secondary N) is 1. The maximum Gasteiger partial charge on any atom is 0.129 e. The highest BCUT2D eigenvalue weighted by atomic mass is 79.9. The molecule has 0 aliphatic carbocycles. The van der Waals surface area contributed by atoms with E-state index in [1.165, 1.54) is 6.07 Å². The summed E-state index contributed by atoms with van der Waals surface area (Å²) in [5, 5.41) is 13.2. The monoisotopic (exact) mass is 317 g/mol. The van der Waals surface area contributed by atoms with Crippen molar-refractivity contribution in [1.29, 1.82) is 0 Å². The van der Waals surface area contributed by atoms with Gasteiger partial charge in [0.2, 0.25) is 0 Å². The lowest BCUT2D eigenvalue weighted by Crippen LogP contribution is -2.38. The smallest absolute Gasteiger partial charge is 0.129 e. The van der Waals surface area contributed by atoms with Gasteiger partial charge in [-0.1, -0.05) is 35.3 Å². The molecule has 2 N–H and O–H groups in total. The van der Waals surface area contributed by atoms with Gasteiger partial charge in [-0.2, -0.15) is 0 Å². The van der Waals surface area contributed by atoms with Crippen LogP contribution in [0.15, 0.2) is 22.7 Å². The lowest BCUT2D eigenvalue weighted by Gasteiger charge is -2.26. The van der Waals surface area contributed by atoms with E-state index in [1.807, 2.05) is 19.9 Å². The minimum Gasteiger partial charge on any atom is -0.389 e. The molecule has 1 rings (SSSR count). The average Bonchev–Trinajstić information content (AvgIpc) is 2.26. The molecule has 102 valence electrons.